The number of hydrogen-bond acceptors (Lipinski definition) is 8. The van der Waals surface area contributed by atoms with Crippen molar-refractivity contribution in [3.05, 3.63) is 64.2 Å². The molecule has 0 aliphatic heterocycles. The lowest BCUT2D eigenvalue weighted by Gasteiger charge is -2.09. The fourth-order valence-corrected chi connectivity index (χ4v) is 4.03. The van der Waals surface area contributed by atoms with E-state index in [1.54, 1.807) is 48.6 Å². The Labute approximate surface area is 192 Å². The predicted molar refractivity (Wildman–Crippen MR) is 123 cm³/mol. The van der Waals surface area contributed by atoms with Crippen LogP contribution in [0.15, 0.2) is 47.0 Å². The minimum atomic E-state index is -0.544. The van der Waals surface area contributed by atoms with Crippen molar-refractivity contribution < 1.29 is 23.6 Å². The molecule has 0 bridgehead atoms. The summed E-state index contributed by atoms with van der Waals surface area (Å²) in [6, 6.07) is 12.0. The maximum absolute atomic E-state index is 13.2. The van der Waals surface area contributed by atoms with E-state index in [0.29, 0.717) is 39.3 Å². The number of nitrogens with one attached hydrogen (secondary N) is 2. The molecule has 0 atom stereocenters. The normalized spacial score (nSPS) is 10.8. The number of hydrogen-bond donors (Lipinski definition) is 2. The van der Waals surface area contributed by atoms with Gasteiger partial charge in [0.05, 0.1) is 34.3 Å². The van der Waals surface area contributed by atoms with Gasteiger partial charge in [0, 0.05) is 16.1 Å². The van der Waals surface area contributed by atoms with Crippen LogP contribution in [0.2, 0.25) is 0 Å². The van der Waals surface area contributed by atoms with Crippen LogP contribution in [0.3, 0.4) is 0 Å². The molecule has 4 rings (SSSR count). The highest BCUT2D eigenvalue weighted by molar-refractivity contribution is 7.15. The fraction of sp³-hybridized carbons (Fsp3) is 0.174. The Kier molecular flexibility index (Phi) is 6.18. The number of pyridine rings is 1. The molecule has 2 N–H and O–H groups in total. The van der Waals surface area contributed by atoms with E-state index in [0.717, 1.165) is 9.75 Å². The van der Waals surface area contributed by atoms with E-state index in [1.807, 2.05) is 19.1 Å². The molecule has 0 unspecified atom stereocenters. The number of ether oxygens (including phenoxy) is 1. The Hall–Kier alpha value is -4.05. The van der Waals surface area contributed by atoms with Crippen molar-refractivity contribution in [1.82, 2.24) is 15.5 Å². The zero-order valence-corrected chi connectivity index (χ0v) is 18.9. The number of carbonyl (C=O) groups is 3. The van der Waals surface area contributed by atoms with E-state index in [9.17, 15) is 14.4 Å². The van der Waals surface area contributed by atoms with Crippen molar-refractivity contribution in [1.29, 1.82) is 0 Å². The van der Waals surface area contributed by atoms with Gasteiger partial charge in [-0.2, -0.15) is 0 Å². The molecule has 0 fully saturated rings. The fourth-order valence-electron chi connectivity index (χ4n) is 3.20. The van der Waals surface area contributed by atoms with E-state index < -0.39 is 11.9 Å². The third kappa shape index (κ3) is 4.75. The molecule has 3 heterocycles. The first kappa shape index (κ1) is 22.2. The van der Waals surface area contributed by atoms with Crippen LogP contribution in [0.25, 0.3) is 21.7 Å². The predicted octanol–water partition coefficient (Wildman–Crippen LogP) is 3.72. The quantitative estimate of drug-likeness (QED) is 0.417. The van der Waals surface area contributed by atoms with E-state index >= 15 is 0 Å². The van der Waals surface area contributed by atoms with Crippen LogP contribution < -0.4 is 10.6 Å². The van der Waals surface area contributed by atoms with Crippen LogP contribution in [-0.2, 0) is 9.53 Å². The number of nitrogens with zero attached hydrogens (tertiary/aromatic N) is 2. The van der Waals surface area contributed by atoms with E-state index in [4.69, 9.17) is 4.52 Å². The van der Waals surface area contributed by atoms with Gasteiger partial charge in [0.25, 0.3) is 17.5 Å². The molecule has 9 nitrogen and oxygen atoms in total. The molecule has 2 amide bonds. The highest BCUT2D eigenvalue weighted by Crippen LogP contribution is 2.31. The molecule has 10 heteroatoms. The molecule has 0 saturated heterocycles. The first-order valence-electron chi connectivity index (χ1n) is 9.96. The van der Waals surface area contributed by atoms with Crippen LogP contribution >= 0.6 is 11.3 Å². The summed E-state index contributed by atoms with van der Waals surface area (Å²) in [6.45, 7) is 3.52. The number of fused-ring (bicyclic) bond motifs is 1. The number of aryl methyl sites for hydroxylation is 2. The Morgan fingerprint density at radius 3 is 2.48 bits per heavy atom. The van der Waals surface area contributed by atoms with Crippen molar-refractivity contribution in [3.63, 3.8) is 0 Å². The summed E-state index contributed by atoms with van der Waals surface area (Å²) in [5, 5.41) is 9.80. The van der Waals surface area contributed by atoms with Crippen LogP contribution in [0, 0.1) is 13.8 Å². The Morgan fingerprint density at radius 2 is 1.82 bits per heavy atom. The second-order valence-electron chi connectivity index (χ2n) is 7.20. The molecule has 3 aromatic heterocycles. The topological polar surface area (TPSA) is 123 Å². The highest BCUT2D eigenvalue weighted by Gasteiger charge is 2.20. The zero-order valence-electron chi connectivity index (χ0n) is 18.1. The van der Waals surface area contributed by atoms with Gasteiger partial charge in [-0.3, -0.25) is 14.4 Å². The Bertz CT molecular complexity index is 1360. The lowest BCUT2D eigenvalue weighted by molar-refractivity contribution is -0.139. The molecule has 0 aliphatic carbocycles. The van der Waals surface area contributed by atoms with Crippen molar-refractivity contribution in [2.75, 3.05) is 19.0 Å². The van der Waals surface area contributed by atoms with Gasteiger partial charge in [0.2, 0.25) is 0 Å². The van der Waals surface area contributed by atoms with Gasteiger partial charge in [0.15, 0.2) is 0 Å². The Morgan fingerprint density at radius 1 is 1.06 bits per heavy atom. The minimum absolute atomic E-state index is 0.226. The molecular formula is C23H20N4O5S. The van der Waals surface area contributed by atoms with Crippen molar-refractivity contribution in [2.45, 2.75) is 13.8 Å². The molecule has 0 radical (unpaired) electrons. The van der Waals surface area contributed by atoms with Crippen LogP contribution in [0.1, 0.15) is 31.3 Å². The van der Waals surface area contributed by atoms with Crippen molar-refractivity contribution >= 4 is 45.9 Å². The molecule has 4 aromatic rings. The van der Waals surface area contributed by atoms with Crippen LogP contribution in [-0.4, -0.2) is 41.6 Å². The first-order valence-corrected chi connectivity index (χ1v) is 10.8. The van der Waals surface area contributed by atoms with Gasteiger partial charge in [-0.1, -0.05) is 5.16 Å². The zero-order chi connectivity index (χ0) is 23.5. The summed E-state index contributed by atoms with van der Waals surface area (Å²) in [5.41, 5.74) is 2.71. The highest BCUT2D eigenvalue weighted by atomic mass is 32.1. The summed E-state index contributed by atoms with van der Waals surface area (Å²) >= 11 is 1.57. The smallest absolute Gasteiger partial charge is 0.325 e. The summed E-state index contributed by atoms with van der Waals surface area (Å²) in [6.07, 6.45) is 0. The largest absolute Gasteiger partial charge is 0.468 e. The van der Waals surface area contributed by atoms with E-state index in [2.05, 4.69) is 25.5 Å². The molecule has 0 aliphatic rings. The van der Waals surface area contributed by atoms with Gasteiger partial charge in [-0.05, 0) is 56.3 Å². The number of benzene rings is 1. The van der Waals surface area contributed by atoms with E-state index in [1.165, 1.54) is 7.11 Å². The van der Waals surface area contributed by atoms with Gasteiger partial charge < -0.3 is 19.9 Å². The lowest BCUT2D eigenvalue weighted by Crippen LogP contribution is -2.30. The van der Waals surface area contributed by atoms with Crippen LogP contribution in [0.5, 0.6) is 0 Å². The van der Waals surface area contributed by atoms with Gasteiger partial charge >= 0.3 is 5.97 Å². The number of aromatic nitrogens is 2. The number of esters is 1. The monoisotopic (exact) mass is 464 g/mol. The van der Waals surface area contributed by atoms with Gasteiger partial charge in [-0.25, -0.2) is 4.98 Å². The molecule has 0 saturated carbocycles. The average Bonchev–Trinajstić information content (AvgIpc) is 3.42. The summed E-state index contributed by atoms with van der Waals surface area (Å²) < 4.78 is 9.83. The van der Waals surface area contributed by atoms with E-state index in [-0.39, 0.29) is 12.5 Å². The molecule has 168 valence electrons. The molecule has 1 aromatic carbocycles. The number of methoxy groups -OCH3 is 1. The summed E-state index contributed by atoms with van der Waals surface area (Å²) in [4.78, 5) is 43.0. The molecule has 0 spiro atoms. The SMILES string of the molecule is COC(=O)CNC(=O)c1ccc(NC(=O)c2cc(-c3ccc(C)s3)nc3onc(C)c23)cc1. The molecular weight excluding hydrogens is 444 g/mol. The third-order valence-corrected chi connectivity index (χ3v) is 5.90. The average molecular weight is 465 g/mol. The second-order valence-corrected chi connectivity index (χ2v) is 8.49. The summed E-state index contributed by atoms with van der Waals surface area (Å²) in [7, 11) is 1.24. The maximum atomic E-state index is 13.2. The minimum Gasteiger partial charge on any atom is -0.468 e. The van der Waals surface area contributed by atoms with Crippen molar-refractivity contribution in [2.24, 2.45) is 0 Å². The van der Waals surface area contributed by atoms with Gasteiger partial charge in [0.1, 0.15) is 6.54 Å². The Balaban J connectivity index is 1.57. The number of amides is 2. The standard InChI is InChI=1S/C23H20N4O5S/c1-12-4-9-18(33-12)17-10-16(20-13(2)27-32-23(20)26-17)22(30)25-15-7-5-14(6-8-15)21(29)24-11-19(28)31-3/h4-10H,11H2,1-3H3,(H,24,29)(H,25,30). The van der Waals surface area contributed by atoms with Crippen molar-refractivity contribution in [3.8, 4) is 10.6 Å². The van der Waals surface area contributed by atoms with Crippen LogP contribution in [0.4, 0.5) is 5.69 Å². The van der Waals surface area contributed by atoms with Gasteiger partial charge in [-0.15, -0.1) is 11.3 Å². The number of carbonyl (C=O) groups excluding carboxylic acids is 3. The number of thiophene rings is 1. The maximum Gasteiger partial charge on any atom is 0.325 e. The number of anilines is 1. The summed E-state index contributed by atoms with van der Waals surface area (Å²) in [5.74, 6) is -1.33. The number of rotatable bonds is 6. The lowest BCUT2D eigenvalue weighted by atomic mass is 10.1. The molecule has 33 heavy (non-hydrogen) atoms. The third-order valence-electron chi connectivity index (χ3n) is 4.88. The first-order chi connectivity index (χ1) is 15.9. The second kappa shape index (κ2) is 9.21.